The van der Waals surface area contributed by atoms with Gasteiger partial charge in [-0.15, -0.1) is 0 Å². The summed E-state index contributed by atoms with van der Waals surface area (Å²) in [6, 6.07) is -0.765. The summed E-state index contributed by atoms with van der Waals surface area (Å²) in [4.78, 5) is 24.2. The first kappa shape index (κ1) is 16.0. The number of carbonyl (C=O) groups excluding carboxylic acids is 2. The van der Waals surface area contributed by atoms with Crippen LogP contribution in [0.4, 0.5) is 4.79 Å². The monoisotopic (exact) mass is 269 g/mol. The first-order valence-corrected chi connectivity index (χ1v) is 7.33. The molecule has 1 heterocycles. The van der Waals surface area contributed by atoms with E-state index in [0.717, 1.165) is 26.1 Å². The molecule has 1 saturated heterocycles. The molecule has 1 fully saturated rings. The van der Waals surface area contributed by atoms with Gasteiger partial charge in [0.25, 0.3) is 0 Å². The smallest absolute Gasteiger partial charge is 0.318 e. The van der Waals surface area contributed by atoms with Crippen LogP contribution in [0.5, 0.6) is 0 Å². The number of hydrogen-bond donors (Lipinski definition) is 2. The van der Waals surface area contributed by atoms with Gasteiger partial charge in [0.2, 0.25) is 5.91 Å². The molecule has 3 amide bonds. The molecule has 0 spiro atoms. The third-order valence-corrected chi connectivity index (χ3v) is 4.56. The molecule has 0 aromatic carbocycles. The van der Waals surface area contributed by atoms with Crippen LogP contribution < -0.4 is 11.1 Å². The number of rotatable bonds is 6. The highest BCUT2D eigenvalue weighted by molar-refractivity contribution is 5.93. The second kappa shape index (κ2) is 7.48. The number of urea groups is 1. The number of imide groups is 1. The van der Waals surface area contributed by atoms with Gasteiger partial charge in [-0.05, 0) is 44.3 Å². The Morgan fingerprint density at radius 2 is 1.79 bits per heavy atom. The average Bonchev–Trinajstić information content (AvgIpc) is 2.39. The zero-order valence-electron chi connectivity index (χ0n) is 12.2. The summed E-state index contributed by atoms with van der Waals surface area (Å²) in [7, 11) is 0. The number of nitrogens with two attached hydrogens (primary N) is 1. The van der Waals surface area contributed by atoms with Crippen LogP contribution in [0.2, 0.25) is 0 Å². The van der Waals surface area contributed by atoms with Crippen molar-refractivity contribution in [1.82, 2.24) is 10.2 Å². The largest absolute Gasteiger partial charge is 0.351 e. The van der Waals surface area contributed by atoms with E-state index < -0.39 is 6.03 Å². The fourth-order valence-electron chi connectivity index (χ4n) is 2.87. The molecule has 0 unspecified atom stereocenters. The number of carbonyl (C=O) groups is 2. The van der Waals surface area contributed by atoms with E-state index in [1.807, 2.05) is 0 Å². The second-order valence-corrected chi connectivity index (χ2v) is 5.56. The van der Waals surface area contributed by atoms with E-state index in [4.69, 9.17) is 5.73 Å². The quantitative estimate of drug-likeness (QED) is 0.773. The lowest BCUT2D eigenvalue weighted by molar-refractivity contribution is -0.120. The zero-order chi connectivity index (χ0) is 14.3. The maximum atomic E-state index is 11.3. The Hall–Kier alpha value is -1.10. The minimum absolute atomic E-state index is 0.277. The maximum absolute atomic E-state index is 11.3. The van der Waals surface area contributed by atoms with Gasteiger partial charge < -0.3 is 10.6 Å². The fourth-order valence-corrected chi connectivity index (χ4v) is 2.87. The number of primary amides is 1. The van der Waals surface area contributed by atoms with E-state index in [1.165, 1.54) is 25.7 Å². The highest BCUT2D eigenvalue weighted by Crippen LogP contribution is 2.37. The second-order valence-electron chi connectivity index (χ2n) is 5.56. The summed E-state index contributed by atoms with van der Waals surface area (Å²) in [5.41, 5.74) is 5.43. The molecule has 0 aliphatic carbocycles. The van der Waals surface area contributed by atoms with Crippen LogP contribution >= 0.6 is 0 Å². The van der Waals surface area contributed by atoms with Crippen LogP contribution in [0.1, 0.15) is 52.4 Å². The molecule has 0 aromatic rings. The molecule has 0 atom stereocenters. The van der Waals surface area contributed by atoms with E-state index in [9.17, 15) is 9.59 Å². The van der Waals surface area contributed by atoms with Gasteiger partial charge >= 0.3 is 6.03 Å². The summed E-state index contributed by atoms with van der Waals surface area (Å²) >= 11 is 0. The van der Waals surface area contributed by atoms with Crippen molar-refractivity contribution < 1.29 is 9.59 Å². The summed E-state index contributed by atoms with van der Waals surface area (Å²) < 4.78 is 0. The van der Waals surface area contributed by atoms with Crippen molar-refractivity contribution in [3.05, 3.63) is 0 Å². The molecule has 110 valence electrons. The number of amides is 3. The molecular weight excluding hydrogens is 242 g/mol. The van der Waals surface area contributed by atoms with Gasteiger partial charge in [0.15, 0.2) is 0 Å². The van der Waals surface area contributed by atoms with E-state index in [0.29, 0.717) is 11.8 Å². The van der Waals surface area contributed by atoms with Crippen LogP contribution in [0.3, 0.4) is 0 Å². The lowest BCUT2D eigenvalue weighted by Gasteiger charge is -2.41. The predicted octanol–water partition coefficient (Wildman–Crippen LogP) is 1.86. The van der Waals surface area contributed by atoms with Crippen LogP contribution in [-0.4, -0.2) is 36.5 Å². The minimum atomic E-state index is -0.765. The molecule has 1 rings (SSSR count). The maximum Gasteiger partial charge on any atom is 0.318 e. The van der Waals surface area contributed by atoms with Gasteiger partial charge in [-0.25, -0.2) is 4.79 Å². The van der Waals surface area contributed by atoms with Crippen molar-refractivity contribution in [3.8, 4) is 0 Å². The number of piperidine rings is 1. The van der Waals surface area contributed by atoms with Crippen LogP contribution in [0, 0.1) is 5.41 Å². The Kier molecular flexibility index (Phi) is 6.28. The molecule has 19 heavy (non-hydrogen) atoms. The Labute approximate surface area is 115 Å². The van der Waals surface area contributed by atoms with E-state index in [-0.39, 0.29) is 5.91 Å². The van der Waals surface area contributed by atoms with Crippen LogP contribution in [0.25, 0.3) is 0 Å². The normalized spacial score (nSPS) is 19.1. The van der Waals surface area contributed by atoms with Crippen molar-refractivity contribution >= 4 is 11.9 Å². The fraction of sp³-hybridized carbons (Fsp3) is 0.857. The standard InChI is InChI=1S/C14H27N3O2/c1-3-14(4-2)7-10-17(11-8-14)9-5-6-12(18)16-13(15)19/h3-11H2,1-2H3,(H3,15,16,18,19). The lowest BCUT2D eigenvalue weighted by Crippen LogP contribution is -2.40. The molecule has 0 aromatic heterocycles. The number of nitrogens with one attached hydrogen (secondary N) is 1. The number of hydrogen-bond acceptors (Lipinski definition) is 3. The molecule has 0 bridgehead atoms. The molecule has 5 nitrogen and oxygen atoms in total. The third kappa shape index (κ3) is 5.19. The highest BCUT2D eigenvalue weighted by Gasteiger charge is 2.30. The molecule has 1 aliphatic heterocycles. The third-order valence-electron chi connectivity index (χ3n) is 4.56. The zero-order valence-corrected chi connectivity index (χ0v) is 12.2. The van der Waals surface area contributed by atoms with E-state index in [1.54, 1.807) is 0 Å². The number of nitrogens with zero attached hydrogens (tertiary/aromatic N) is 1. The van der Waals surface area contributed by atoms with E-state index in [2.05, 4.69) is 24.1 Å². The molecule has 5 heteroatoms. The summed E-state index contributed by atoms with van der Waals surface area (Å²) in [5.74, 6) is -0.277. The van der Waals surface area contributed by atoms with Gasteiger partial charge in [0.05, 0.1) is 0 Å². The van der Waals surface area contributed by atoms with E-state index >= 15 is 0 Å². The highest BCUT2D eigenvalue weighted by atomic mass is 16.2. The van der Waals surface area contributed by atoms with Gasteiger partial charge in [0.1, 0.15) is 0 Å². The van der Waals surface area contributed by atoms with Crippen molar-refractivity contribution in [2.75, 3.05) is 19.6 Å². The molecule has 0 radical (unpaired) electrons. The average molecular weight is 269 g/mol. The number of likely N-dealkylation sites (tertiary alicyclic amines) is 1. The van der Waals surface area contributed by atoms with Crippen molar-refractivity contribution in [2.45, 2.75) is 52.4 Å². The molecular formula is C14H27N3O2. The van der Waals surface area contributed by atoms with Gasteiger partial charge in [-0.2, -0.15) is 0 Å². The first-order chi connectivity index (χ1) is 9.01. The first-order valence-electron chi connectivity index (χ1n) is 7.33. The van der Waals surface area contributed by atoms with Crippen molar-refractivity contribution in [1.29, 1.82) is 0 Å². The minimum Gasteiger partial charge on any atom is -0.351 e. The molecule has 1 aliphatic rings. The Bertz CT molecular complexity index is 304. The SMILES string of the molecule is CCC1(CC)CCN(CCCC(=O)NC(N)=O)CC1. The Morgan fingerprint density at radius 3 is 2.26 bits per heavy atom. The molecule has 0 saturated carbocycles. The molecule has 3 N–H and O–H groups in total. The van der Waals surface area contributed by atoms with Gasteiger partial charge in [-0.1, -0.05) is 26.7 Å². The summed E-state index contributed by atoms with van der Waals surface area (Å²) in [6.07, 6.45) is 6.19. The van der Waals surface area contributed by atoms with Gasteiger partial charge in [-0.3, -0.25) is 10.1 Å². The van der Waals surface area contributed by atoms with Crippen LogP contribution in [0.15, 0.2) is 0 Å². The van der Waals surface area contributed by atoms with Crippen LogP contribution in [-0.2, 0) is 4.79 Å². The predicted molar refractivity (Wildman–Crippen MR) is 75.6 cm³/mol. The van der Waals surface area contributed by atoms with Crippen molar-refractivity contribution in [2.24, 2.45) is 11.1 Å². The summed E-state index contributed by atoms with van der Waals surface area (Å²) in [6.45, 7) is 7.74. The topological polar surface area (TPSA) is 75.4 Å². The van der Waals surface area contributed by atoms with Gasteiger partial charge in [0, 0.05) is 6.42 Å². The Balaban J connectivity index is 2.19. The Morgan fingerprint density at radius 1 is 1.21 bits per heavy atom. The summed E-state index contributed by atoms with van der Waals surface area (Å²) in [5, 5.41) is 2.09. The lowest BCUT2D eigenvalue weighted by atomic mass is 9.74. The van der Waals surface area contributed by atoms with Crippen molar-refractivity contribution in [3.63, 3.8) is 0 Å².